The summed E-state index contributed by atoms with van der Waals surface area (Å²) in [6, 6.07) is 17.0. The largest absolute Gasteiger partial charge is 0.612 e. The molecule has 1 unspecified atom stereocenters. The van der Waals surface area contributed by atoms with Crippen LogP contribution in [-0.2, 0) is 11.2 Å². The van der Waals surface area contributed by atoms with Gasteiger partial charge in [0.2, 0.25) is 0 Å². The van der Waals surface area contributed by atoms with Gasteiger partial charge >= 0.3 is 0 Å². The van der Waals surface area contributed by atoms with Crippen LogP contribution in [0.15, 0.2) is 65.8 Å². The number of aromatic nitrogens is 2. The normalized spacial score (nSPS) is 11.8. The van der Waals surface area contributed by atoms with Gasteiger partial charge in [-0.3, -0.25) is 0 Å². The second-order valence-electron chi connectivity index (χ2n) is 5.10. The number of anilines is 2. The van der Waals surface area contributed by atoms with Gasteiger partial charge in [0.25, 0.3) is 0 Å². The molecule has 3 aromatic rings. The van der Waals surface area contributed by atoms with Gasteiger partial charge in [0, 0.05) is 23.4 Å². The Morgan fingerprint density at radius 3 is 2.67 bits per heavy atom. The van der Waals surface area contributed by atoms with Crippen molar-refractivity contribution in [2.45, 2.75) is 4.90 Å². The average molecular weight is 339 g/mol. The maximum atomic E-state index is 11.6. The standard InChI is InChI=1S/C18H17N3O2S/c1-23-17-9-4-3-8-15(17)16-11-18(20-12-19-16)21-13-6-5-7-14(10-13)24(2)22/h3-12H,1-2H3,(H,19,20,21). The number of benzene rings is 2. The highest BCUT2D eigenvalue weighted by Crippen LogP contribution is 2.29. The molecule has 0 saturated heterocycles. The minimum atomic E-state index is -1.02. The van der Waals surface area contributed by atoms with Crippen LogP contribution in [0.5, 0.6) is 5.75 Å². The van der Waals surface area contributed by atoms with Gasteiger partial charge in [0.1, 0.15) is 24.2 Å². The maximum absolute atomic E-state index is 11.6. The third-order valence-electron chi connectivity index (χ3n) is 3.49. The number of ether oxygens (including phenoxy) is 1. The van der Waals surface area contributed by atoms with E-state index in [2.05, 4.69) is 15.3 Å². The van der Waals surface area contributed by atoms with Crippen LogP contribution < -0.4 is 10.1 Å². The van der Waals surface area contributed by atoms with Gasteiger partial charge < -0.3 is 14.6 Å². The van der Waals surface area contributed by atoms with Gasteiger partial charge in [-0.25, -0.2) is 9.97 Å². The van der Waals surface area contributed by atoms with Gasteiger partial charge in [-0.15, -0.1) is 0 Å². The number of para-hydroxylation sites is 1. The first-order valence-electron chi connectivity index (χ1n) is 7.33. The smallest absolute Gasteiger partial charge is 0.154 e. The minimum Gasteiger partial charge on any atom is -0.612 e. The Balaban J connectivity index is 1.90. The zero-order valence-electron chi connectivity index (χ0n) is 13.4. The Morgan fingerprint density at radius 2 is 1.88 bits per heavy atom. The summed E-state index contributed by atoms with van der Waals surface area (Å²) in [7, 11) is 1.63. The molecule has 0 aliphatic heterocycles. The summed E-state index contributed by atoms with van der Waals surface area (Å²) in [5.41, 5.74) is 2.49. The SMILES string of the molecule is COc1ccccc1-c1cc(Nc2cccc([S+](C)[O-])c2)ncn1. The van der Waals surface area contributed by atoms with Crippen LogP contribution >= 0.6 is 0 Å². The predicted molar refractivity (Wildman–Crippen MR) is 96.1 cm³/mol. The van der Waals surface area contributed by atoms with Crippen molar-refractivity contribution in [2.24, 2.45) is 0 Å². The summed E-state index contributed by atoms with van der Waals surface area (Å²) in [6.45, 7) is 0. The van der Waals surface area contributed by atoms with Gasteiger partial charge in [0.05, 0.1) is 12.8 Å². The monoisotopic (exact) mass is 339 g/mol. The first-order chi connectivity index (χ1) is 11.7. The van der Waals surface area contributed by atoms with E-state index in [1.807, 2.05) is 54.6 Å². The topological polar surface area (TPSA) is 70.1 Å². The van der Waals surface area contributed by atoms with Crippen molar-refractivity contribution >= 4 is 22.7 Å². The molecule has 0 aliphatic carbocycles. The molecule has 3 rings (SSSR count). The highest BCUT2D eigenvalue weighted by Gasteiger charge is 2.09. The van der Waals surface area contributed by atoms with Gasteiger partial charge in [-0.2, -0.15) is 0 Å². The van der Waals surface area contributed by atoms with Crippen LogP contribution in [0.25, 0.3) is 11.3 Å². The third-order valence-corrected chi connectivity index (χ3v) is 4.41. The lowest BCUT2D eigenvalue weighted by Gasteiger charge is -2.10. The van der Waals surface area contributed by atoms with Crippen molar-refractivity contribution < 1.29 is 9.29 Å². The zero-order chi connectivity index (χ0) is 16.9. The average Bonchev–Trinajstić information content (AvgIpc) is 2.62. The molecular formula is C18H17N3O2S. The molecule has 1 heterocycles. The highest BCUT2D eigenvalue weighted by molar-refractivity contribution is 7.90. The molecule has 1 atom stereocenters. The molecule has 5 nitrogen and oxygen atoms in total. The summed E-state index contributed by atoms with van der Waals surface area (Å²) >= 11 is -1.02. The second kappa shape index (κ2) is 7.33. The van der Waals surface area contributed by atoms with Crippen molar-refractivity contribution in [1.82, 2.24) is 9.97 Å². The molecule has 24 heavy (non-hydrogen) atoms. The van der Waals surface area contributed by atoms with E-state index in [-0.39, 0.29) is 0 Å². The zero-order valence-corrected chi connectivity index (χ0v) is 14.2. The van der Waals surface area contributed by atoms with E-state index < -0.39 is 11.2 Å². The molecule has 0 aliphatic rings. The fourth-order valence-electron chi connectivity index (χ4n) is 2.33. The van der Waals surface area contributed by atoms with Gasteiger partial charge in [-0.1, -0.05) is 18.2 Å². The summed E-state index contributed by atoms with van der Waals surface area (Å²) in [4.78, 5) is 9.34. The maximum Gasteiger partial charge on any atom is 0.154 e. The van der Waals surface area contributed by atoms with E-state index >= 15 is 0 Å². The molecule has 0 fully saturated rings. The van der Waals surface area contributed by atoms with E-state index in [4.69, 9.17) is 4.74 Å². The lowest BCUT2D eigenvalue weighted by molar-refractivity contribution is 0.416. The number of hydrogen-bond donors (Lipinski definition) is 1. The lowest BCUT2D eigenvalue weighted by atomic mass is 10.1. The Hall–Kier alpha value is -2.57. The van der Waals surface area contributed by atoms with E-state index in [1.165, 1.54) is 6.33 Å². The number of nitrogens with one attached hydrogen (secondary N) is 1. The van der Waals surface area contributed by atoms with Crippen molar-refractivity contribution in [1.29, 1.82) is 0 Å². The number of methoxy groups -OCH3 is 1. The van der Waals surface area contributed by atoms with E-state index in [0.29, 0.717) is 5.82 Å². The van der Waals surface area contributed by atoms with Crippen molar-refractivity contribution in [3.8, 4) is 17.0 Å². The highest BCUT2D eigenvalue weighted by atomic mass is 32.2. The molecule has 2 aromatic carbocycles. The van der Waals surface area contributed by atoms with E-state index in [1.54, 1.807) is 13.4 Å². The Labute approximate surface area is 143 Å². The summed E-state index contributed by atoms with van der Waals surface area (Å²) in [5.74, 6) is 1.41. The summed E-state index contributed by atoms with van der Waals surface area (Å²) in [5, 5.41) is 3.22. The van der Waals surface area contributed by atoms with Gasteiger partial charge in [0.15, 0.2) is 4.90 Å². The van der Waals surface area contributed by atoms with Crippen molar-refractivity contribution in [2.75, 3.05) is 18.7 Å². The number of rotatable bonds is 5. The van der Waals surface area contributed by atoms with E-state index in [9.17, 15) is 4.55 Å². The molecule has 1 N–H and O–H groups in total. The lowest BCUT2D eigenvalue weighted by Crippen LogP contribution is -2.00. The fraction of sp³-hybridized carbons (Fsp3) is 0.111. The molecule has 0 spiro atoms. The van der Waals surface area contributed by atoms with Crippen LogP contribution in [0.3, 0.4) is 0 Å². The van der Waals surface area contributed by atoms with Crippen LogP contribution in [0.1, 0.15) is 0 Å². The van der Waals surface area contributed by atoms with Crippen LogP contribution in [0.2, 0.25) is 0 Å². The molecule has 6 heteroatoms. The molecule has 0 amide bonds. The Bertz CT molecular complexity index is 840. The fourth-order valence-corrected chi connectivity index (χ4v) is 2.89. The first kappa shape index (κ1) is 16.3. The van der Waals surface area contributed by atoms with Crippen LogP contribution in [0, 0.1) is 0 Å². The third kappa shape index (κ3) is 3.67. The molecular weight excluding hydrogens is 322 g/mol. The quantitative estimate of drug-likeness (QED) is 0.719. The number of nitrogens with zero attached hydrogens (tertiary/aromatic N) is 2. The predicted octanol–water partition coefficient (Wildman–Crippen LogP) is 3.63. The molecule has 0 saturated carbocycles. The van der Waals surface area contributed by atoms with Crippen molar-refractivity contribution in [3.05, 3.63) is 60.9 Å². The molecule has 0 bridgehead atoms. The second-order valence-corrected chi connectivity index (χ2v) is 6.48. The number of hydrogen-bond acceptors (Lipinski definition) is 5. The van der Waals surface area contributed by atoms with E-state index in [0.717, 1.165) is 27.6 Å². The van der Waals surface area contributed by atoms with Crippen LogP contribution in [0.4, 0.5) is 11.5 Å². The summed E-state index contributed by atoms with van der Waals surface area (Å²) < 4.78 is 17.0. The van der Waals surface area contributed by atoms with Crippen LogP contribution in [-0.4, -0.2) is 27.9 Å². The minimum absolute atomic E-state index is 0.657. The first-order valence-corrected chi connectivity index (χ1v) is 8.89. The summed E-state index contributed by atoms with van der Waals surface area (Å²) in [6.07, 6.45) is 3.16. The van der Waals surface area contributed by atoms with Crippen molar-refractivity contribution in [3.63, 3.8) is 0 Å². The molecule has 1 aromatic heterocycles. The molecule has 122 valence electrons. The molecule has 0 radical (unpaired) electrons. The Kier molecular flexibility index (Phi) is 4.98. The Morgan fingerprint density at radius 1 is 1.04 bits per heavy atom. The van der Waals surface area contributed by atoms with Gasteiger partial charge in [-0.05, 0) is 35.4 Å².